The largest absolute Gasteiger partial charge is 0.491 e. The van der Waals surface area contributed by atoms with Crippen molar-refractivity contribution in [2.75, 3.05) is 0 Å². The molecule has 0 amide bonds. The average Bonchev–Trinajstić information content (AvgIpc) is 1.56. The van der Waals surface area contributed by atoms with Gasteiger partial charge in [-0.15, -0.1) is 0 Å². The lowest BCUT2D eigenvalue weighted by Gasteiger charge is -2.30. The molecule has 0 aliphatic rings. The molecule has 0 spiro atoms. The highest BCUT2D eigenvalue weighted by Gasteiger charge is 2.45. The van der Waals surface area contributed by atoms with Crippen LogP contribution in [-0.4, -0.2) is 31.7 Å². The van der Waals surface area contributed by atoms with Crippen LogP contribution in [0.3, 0.4) is 0 Å². The summed E-state index contributed by atoms with van der Waals surface area (Å²) in [6, 6.07) is 0. The van der Waals surface area contributed by atoms with E-state index in [4.69, 9.17) is 5.11 Å². The molecule has 0 radical (unpaired) electrons. The lowest BCUT2D eigenvalue weighted by molar-refractivity contribution is 0.143. The lowest BCUT2D eigenvalue weighted by Crippen LogP contribution is -2.58. The summed E-state index contributed by atoms with van der Waals surface area (Å²) in [6.45, 7) is 6.82. The molecule has 0 unspecified atom stereocenters. The van der Waals surface area contributed by atoms with Gasteiger partial charge in [0.05, 0.1) is 0 Å². The van der Waals surface area contributed by atoms with Crippen molar-refractivity contribution in [2.24, 2.45) is 0 Å². The molecule has 0 saturated heterocycles. The Balaban J connectivity index is 4.34. The van der Waals surface area contributed by atoms with Gasteiger partial charge in [0.25, 0.3) is 7.83 Å². The van der Waals surface area contributed by atoms with E-state index in [1.165, 1.54) is 0 Å². The van der Waals surface area contributed by atoms with Crippen molar-refractivity contribution in [1.82, 2.24) is 0 Å². The molecule has 2 N–H and O–H groups in total. The van der Waals surface area contributed by atoms with Crippen LogP contribution in [0.25, 0.3) is 0 Å². The number of carbonyl (C=O) groups is 1. The summed E-state index contributed by atoms with van der Waals surface area (Å²) in [5.74, 6) is 0. The lowest BCUT2D eigenvalue weighted by atomic mass is 11.5. The first-order valence-electron chi connectivity index (χ1n) is 3.31. The molecule has 0 fully saturated rings. The third-order valence-electron chi connectivity index (χ3n) is 1.82. The van der Waals surface area contributed by atoms with Crippen LogP contribution in [0.1, 0.15) is 0 Å². The summed E-state index contributed by atoms with van der Waals surface area (Å²) < 4.78 is 4.67. The van der Waals surface area contributed by atoms with Crippen molar-refractivity contribution in [3.8, 4) is 0 Å². The zero-order chi connectivity index (χ0) is 9.28. The van der Waals surface area contributed by atoms with Gasteiger partial charge in [-0.3, -0.25) is 0 Å². The fourth-order valence-electron chi connectivity index (χ4n) is 0.343. The molecular formula is C5H14O4Si2. The van der Waals surface area contributed by atoms with Crippen LogP contribution in [0, 0.1) is 0 Å². The van der Waals surface area contributed by atoms with Gasteiger partial charge < -0.3 is 14.3 Å². The minimum Gasteiger partial charge on any atom is -0.489 e. The average molecular weight is 194 g/mol. The second-order valence-electron chi connectivity index (χ2n) is 3.44. The first-order chi connectivity index (χ1) is 4.67. The van der Waals surface area contributed by atoms with Crippen LogP contribution in [0.5, 0.6) is 0 Å². The maximum atomic E-state index is 10.2. The molecule has 0 aromatic rings. The van der Waals surface area contributed by atoms with E-state index in [-0.39, 0.29) is 0 Å². The summed E-state index contributed by atoms with van der Waals surface area (Å²) in [5.41, 5.74) is 0. The fraction of sp³-hybridized carbons (Fsp3) is 0.800. The fourth-order valence-corrected chi connectivity index (χ4v) is 2.04. The van der Waals surface area contributed by atoms with Crippen molar-refractivity contribution in [2.45, 2.75) is 26.2 Å². The molecule has 0 atom stereocenters. The van der Waals surface area contributed by atoms with Crippen LogP contribution >= 0.6 is 0 Å². The van der Waals surface area contributed by atoms with Crippen molar-refractivity contribution in [3.05, 3.63) is 0 Å². The maximum Gasteiger partial charge on any atom is 0.491 e. The normalized spacial score (nSPS) is 12.8. The zero-order valence-corrected chi connectivity index (χ0v) is 9.21. The molecule has 0 aromatic heterocycles. The number of hydrogen-bond acceptors (Lipinski definition) is 3. The zero-order valence-electron chi connectivity index (χ0n) is 7.21. The van der Waals surface area contributed by atoms with E-state index in [1.54, 1.807) is 26.2 Å². The van der Waals surface area contributed by atoms with Crippen molar-refractivity contribution < 1.29 is 19.1 Å². The van der Waals surface area contributed by atoms with E-state index in [1.807, 2.05) is 0 Å². The third kappa shape index (κ3) is 3.04. The number of rotatable bonds is 2. The molecule has 11 heavy (non-hydrogen) atoms. The summed E-state index contributed by atoms with van der Waals surface area (Å²) in [4.78, 5) is 19.8. The minimum absolute atomic E-state index is 1.28. The van der Waals surface area contributed by atoms with Gasteiger partial charge in [-0.05, 0) is 26.2 Å². The van der Waals surface area contributed by atoms with E-state index in [0.717, 1.165) is 0 Å². The van der Waals surface area contributed by atoms with E-state index in [9.17, 15) is 9.59 Å². The van der Waals surface area contributed by atoms with Gasteiger partial charge in [-0.25, -0.2) is 4.79 Å². The highest BCUT2D eigenvalue weighted by molar-refractivity contribution is 7.35. The maximum absolute atomic E-state index is 10.2. The Morgan fingerprint density at radius 2 is 1.64 bits per heavy atom. The van der Waals surface area contributed by atoms with Crippen LogP contribution in [0.15, 0.2) is 0 Å². The smallest absolute Gasteiger partial charge is 0.489 e. The molecule has 0 rings (SSSR count). The molecule has 0 bridgehead atoms. The van der Waals surface area contributed by atoms with Gasteiger partial charge in [0.1, 0.15) is 0 Å². The molecule has 0 aliphatic heterocycles. The van der Waals surface area contributed by atoms with E-state index >= 15 is 0 Å². The molecule has 0 aliphatic carbocycles. The molecule has 4 nitrogen and oxygen atoms in total. The second-order valence-corrected chi connectivity index (χ2v) is 17.1. The Morgan fingerprint density at radius 3 is 1.73 bits per heavy atom. The highest BCUT2D eigenvalue weighted by atomic mass is 29.3. The molecule has 66 valence electrons. The first-order valence-corrected chi connectivity index (χ1v) is 10.2. The van der Waals surface area contributed by atoms with Gasteiger partial charge in [-0.2, -0.15) is 0 Å². The number of hydrogen-bond donors (Lipinski definition) is 2. The minimum atomic E-state index is -2.41. The van der Waals surface area contributed by atoms with Crippen LogP contribution in [0.4, 0.5) is 4.79 Å². The molecule has 0 aromatic carbocycles. The van der Waals surface area contributed by atoms with Crippen LogP contribution in [0.2, 0.25) is 26.2 Å². The van der Waals surface area contributed by atoms with Gasteiger partial charge in [0.2, 0.25) is 7.83 Å². The monoisotopic (exact) mass is 194 g/mol. The molecule has 0 saturated carbocycles. The van der Waals surface area contributed by atoms with Crippen molar-refractivity contribution >= 4 is 21.8 Å². The number of carboxylic acid groups (broad SMARTS) is 1. The van der Waals surface area contributed by atoms with Crippen molar-refractivity contribution in [1.29, 1.82) is 0 Å². The van der Waals surface area contributed by atoms with E-state index in [0.29, 0.717) is 0 Å². The predicted molar refractivity (Wildman–Crippen MR) is 46.3 cm³/mol. The van der Waals surface area contributed by atoms with Gasteiger partial charge in [0, 0.05) is 0 Å². The van der Waals surface area contributed by atoms with E-state index in [2.05, 4.69) is 4.43 Å². The van der Waals surface area contributed by atoms with E-state index < -0.39 is 21.8 Å². The summed E-state index contributed by atoms with van der Waals surface area (Å²) in [5, 5.41) is 8.34. The highest BCUT2D eigenvalue weighted by Crippen LogP contribution is 2.16. The predicted octanol–water partition coefficient (Wildman–Crippen LogP) is 1.16. The van der Waals surface area contributed by atoms with Crippen molar-refractivity contribution in [3.63, 3.8) is 0 Å². The Hall–Kier alpha value is -0.336. The van der Waals surface area contributed by atoms with Gasteiger partial charge in [0.15, 0.2) is 0 Å². The Bertz CT molecular complexity index is 160. The SMILES string of the molecule is C[Si](C)(O)[Si](C)(C)OC(=O)O. The van der Waals surface area contributed by atoms with Crippen LogP contribution in [-0.2, 0) is 4.43 Å². The summed E-state index contributed by atoms with van der Waals surface area (Å²) in [7, 11) is -4.78. The molecule has 0 heterocycles. The van der Waals surface area contributed by atoms with Gasteiger partial charge >= 0.3 is 6.16 Å². The Labute approximate surface area is 67.9 Å². The second kappa shape index (κ2) is 2.96. The third-order valence-corrected chi connectivity index (χ3v) is 14.6. The summed E-state index contributed by atoms with van der Waals surface area (Å²) >= 11 is 0. The molecule has 6 heteroatoms. The Morgan fingerprint density at radius 1 is 1.27 bits per heavy atom. The standard InChI is InChI=1S/C5H14O4Si2/c1-10(2,8)11(3,4)9-5(6)7/h8H,1-4H3,(H,6,7). The van der Waals surface area contributed by atoms with Crippen LogP contribution < -0.4 is 0 Å². The summed E-state index contributed by atoms with van der Waals surface area (Å²) in [6.07, 6.45) is -1.28. The first kappa shape index (κ1) is 10.7. The Kier molecular flexibility index (Phi) is 2.87. The quantitative estimate of drug-likeness (QED) is 0.647. The topological polar surface area (TPSA) is 66.8 Å². The molecular weight excluding hydrogens is 180 g/mol. The van der Waals surface area contributed by atoms with Gasteiger partial charge in [-0.1, -0.05) is 0 Å².